The fourth-order valence-corrected chi connectivity index (χ4v) is 10.4. The summed E-state index contributed by atoms with van der Waals surface area (Å²) in [5, 5.41) is 79.9. The van der Waals surface area contributed by atoms with Gasteiger partial charge in [-0.1, -0.05) is 183 Å². The van der Waals surface area contributed by atoms with E-state index in [0.29, 0.717) is 11.8 Å². The average Bonchev–Trinajstić information content (AvgIpc) is 3.34. The van der Waals surface area contributed by atoms with Gasteiger partial charge in [-0.2, -0.15) is 0 Å². The lowest BCUT2D eigenvalue weighted by molar-refractivity contribution is -0.299. The van der Waals surface area contributed by atoms with Crippen molar-refractivity contribution >= 4 is 0 Å². The minimum atomic E-state index is -1.47. The van der Waals surface area contributed by atoms with Crippen molar-refractivity contribution in [3.05, 3.63) is 155 Å². The number of rotatable bonds is 22. The van der Waals surface area contributed by atoms with E-state index in [-0.39, 0.29) is 35.9 Å². The maximum atomic E-state index is 10.3. The van der Waals surface area contributed by atoms with Gasteiger partial charge < -0.3 is 59.8 Å². The molecule has 412 valence electrons. The third-order valence-electron chi connectivity index (χ3n) is 15.7. The molecule has 2 aliphatic carbocycles. The van der Waals surface area contributed by atoms with E-state index < -0.39 is 74.6 Å². The number of aliphatic hydroxyl groups excluding tert-OH is 8. The monoisotopic (exact) mass is 1030 g/mol. The Morgan fingerprint density at radius 3 is 1.20 bits per heavy atom. The summed E-state index contributed by atoms with van der Waals surface area (Å²) in [6.45, 7) is 29.9. The normalized spacial score (nSPS) is 34.4. The van der Waals surface area contributed by atoms with Crippen molar-refractivity contribution in [3.8, 4) is 0 Å². The van der Waals surface area contributed by atoms with Gasteiger partial charge in [-0.15, -0.1) is 0 Å². The summed E-state index contributed by atoms with van der Waals surface area (Å²) in [7, 11) is 0. The van der Waals surface area contributed by atoms with E-state index >= 15 is 0 Å². The summed E-state index contributed by atoms with van der Waals surface area (Å²) in [5.74, 6) is 1.27. The van der Waals surface area contributed by atoms with Crippen LogP contribution in [-0.4, -0.2) is 129 Å². The van der Waals surface area contributed by atoms with Crippen LogP contribution in [0.2, 0.25) is 0 Å². The quantitative estimate of drug-likeness (QED) is 0.0379. The molecule has 2 aliphatic heterocycles. The van der Waals surface area contributed by atoms with E-state index in [0.717, 1.165) is 72.0 Å². The number of hydrogen-bond acceptors (Lipinski definition) is 12. The SMILES string of the molecule is C=C1CCC(CC=C(C)COC2OC(CO)C(O)C(O)C2O)C(C)(C)C1C=CC(C)=CC=CC(C)=CC=CC=C(C)C=CC=C(C)C=CC1C(=C)CCC(CC=C(C)COC2OC(CO)C(O)C(O)C2O)C1(C)C. The van der Waals surface area contributed by atoms with Crippen LogP contribution >= 0.6 is 0 Å². The van der Waals surface area contributed by atoms with Crippen molar-refractivity contribution in [2.24, 2.45) is 34.5 Å². The molecule has 2 saturated carbocycles. The average molecular weight is 1030 g/mol. The first kappa shape index (κ1) is 62.7. The lowest BCUT2D eigenvalue weighted by Crippen LogP contribution is -2.59. The molecule has 4 aliphatic rings. The third kappa shape index (κ3) is 17.9. The molecule has 4 fully saturated rings. The van der Waals surface area contributed by atoms with Crippen molar-refractivity contribution in [2.45, 2.75) is 169 Å². The van der Waals surface area contributed by atoms with Gasteiger partial charge in [0.1, 0.15) is 48.8 Å². The lowest BCUT2D eigenvalue weighted by Gasteiger charge is -2.45. The molecular formula is C62H92O12. The van der Waals surface area contributed by atoms with Crippen LogP contribution < -0.4 is 0 Å². The molecule has 0 radical (unpaired) electrons. The fourth-order valence-electron chi connectivity index (χ4n) is 10.4. The Labute approximate surface area is 443 Å². The van der Waals surface area contributed by atoms with Crippen LogP contribution in [0.25, 0.3) is 0 Å². The van der Waals surface area contributed by atoms with Gasteiger partial charge in [-0.25, -0.2) is 0 Å². The fraction of sp³-hybridized carbons (Fsp3) is 0.581. The Kier molecular flexibility index (Phi) is 25.1. The molecule has 0 aromatic carbocycles. The second kappa shape index (κ2) is 29.6. The van der Waals surface area contributed by atoms with Gasteiger partial charge >= 0.3 is 0 Å². The van der Waals surface area contributed by atoms with Crippen LogP contribution in [0.1, 0.15) is 108 Å². The molecule has 0 aromatic heterocycles. The summed E-state index contributed by atoms with van der Waals surface area (Å²) in [6.07, 6.45) is 27.0. The maximum absolute atomic E-state index is 10.3. The van der Waals surface area contributed by atoms with Crippen LogP contribution in [0.4, 0.5) is 0 Å². The van der Waals surface area contributed by atoms with Crippen molar-refractivity contribution in [3.63, 3.8) is 0 Å². The van der Waals surface area contributed by atoms with Crippen molar-refractivity contribution in [2.75, 3.05) is 26.4 Å². The first-order chi connectivity index (χ1) is 34.9. The van der Waals surface area contributed by atoms with E-state index in [1.807, 2.05) is 13.8 Å². The molecule has 14 atom stereocenters. The van der Waals surface area contributed by atoms with E-state index in [9.17, 15) is 40.9 Å². The highest BCUT2D eigenvalue weighted by molar-refractivity contribution is 5.33. The lowest BCUT2D eigenvalue weighted by atomic mass is 9.59. The van der Waals surface area contributed by atoms with Gasteiger partial charge in [-0.05, 0) is 103 Å². The predicted molar refractivity (Wildman–Crippen MR) is 295 cm³/mol. The van der Waals surface area contributed by atoms with Crippen LogP contribution in [0, 0.1) is 34.5 Å². The molecular weight excluding hydrogens is 937 g/mol. The van der Waals surface area contributed by atoms with Gasteiger partial charge in [0, 0.05) is 11.8 Å². The number of ether oxygens (including phenoxy) is 4. The van der Waals surface area contributed by atoms with Gasteiger partial charge in [0.2, 0.25) is 0 Å². The van der Waals surface area contributed by atoms with E-state index in [2.05, 4.69) is 166 Å². The van der Waals surface area contributed by atoms with Crippen molar-refractivity contribution < 1.29 is 59.8 Å². The minimum absolute atomic E-state index is 0.0274. The molecule has 2 saturated heterocycles. The summed E-state index contributed by atoms with van der Waals surface area (Å²) in [6, 6.07) is 0. The number of aliphatic hydroxyl groups is 8. The maximum Gasteiger partial charge on any atom is 0.187 e. The van der Waals surface area contributed by atoms with Crippen LogP contribution in [0.5, 0.6) is 0 Å². The summed E-state index contributed by atoms with van der Waals surface area (Å²) in [4.78, 5) is 0. The number of allylic oxidation sites excluding steroid dienone is 22. The largest absolute Gasteiger partial charge is 0.394 e. The van der Waals surface area contributed by atoms with E-state index in [1.54, 1.807) is 0 Å². The number of hydrogen-bond donors (Lipinski definition) is 8. The van der Waals surface area contributed by atoms with Crippen molar-refractivity contribution in [1.82, 2.24) is 0 Å². The summed E-state index contributed by atoms with van der Waals surface area (Å²) >= 11 is 0. The Morgan fingerprint density at radius 1 is 0.514 bits per heavy atom. The van der Waals surface area contributed by atoms with Gasteiger partial charge in [0.05, 0.1) is 26.4 Å². The highest BCUT2D eigenvalue weighted by atomic mass is 16.7. The Bertz CT molecular complexity index is 2040. The van der Waals surface area contributed by atoms with Crippen LogP contribution in [-0.2, 0) is 18.9 Å². The first-order valence-electron chi connectivity index (χ1n) is 26.5. The topological polar surface area (TPSA) is 199 Å². The molecule has 74 heavy (non-hydrogen) atoms. The second-order valence-corrected chi connectivity index (χ2v) is 22.4. The Morgan fingerprint density at radius 2 is 0.851 bits per heavy atom. The molecule has 0 amide bonds. The predicted octanol–water partition coefficient (Wildman–Crippen LogP) is 9.08. The molecule has 12 heteroatoms. The zero-order valence-corrected chi connectivity index (χ0v) is 46.0. The highest BCUT2D eigenvalue weighted by Gasteiger charge is 2.46. The summed E-state index contributed by atoms with van der Waals surface area (Å²) in [5.41, 5.74) is 8.93. The first-order valence-corrected chi connectivity index (χ1v) is 26.5. The second-order valence-electron chi connectivity index (χ2n) is 22.4. The molecule has 4 rings (SSSR count). The smallest absolute Gasteiger partial charge is 0.187 e. The molecule has 0 bridgehead atoms. The zero-order valence-electron chi connectivity index (χ0n) is 46.0. The third-order valence-corrected chi connectivity index (χ3v) is 15.7. The molecule has 0 spiro atoms. The van der Waals surface area contributed by atoms with Crippen LogP contribution in [0.15, 0.2) is 155 Å². The highest BCUT2D eigenvalue weighted by Crippen LogP contribution is 2.51. The van der Waals surface area contributed by atoms with Gasteiger partial charge in [0.25, 0.3) is 0 Å². The summed E-state index contributed by atoms with van der Waals surface area (Å²) < 4.78 is 22.5. The molecule has 8 N–H and O–H groups in total. The van der Waals surface area contributed by atoms with Crippen molar-refractivity contribution in [1.29, 1.82) is 0 Å². The minimum Gasteiger partial charge on any atom is -0.394 e. The molecule has 0 aromatic rings. The van der Waals surface area contributed by atoms with E-state index in [1.165, 1.54) is 11.1 Å². The molecule has 12 nitrogen and oxygen atoms in total. The Balaban J connectivity index is 1.23. The Hall–Kier alpha value is -3.86. The van der Waals surface area contributed by atoms with Gasteiger partial charge in [-0.3, -0.25) is 0 Å². The zero-order chi connectivity index (χ0) is 54.9. The molecule has 14 unspecified atom stereocenters. The van der Waals surface area contributed by atoms with E-state index in [4.69, 9.17) is 18.9 Å². The van der Waals surface area contributed by atoms with Gasteiger partial charge in [0.15, 0.2) is 12.6 Å². The molecule has 2 heterocycles. The standard InChI is InChI=1S/C62H92O12/c1-39(19-15-21-41(3)25-33-49-45(7)27-31-47(61(49,9)10)29-23-43(5)37-71-59-57(69)55(67)53(65)51(35-63)73-59)17-13-14-18-40(2)20-16-22-42(4)26-34-50-46(8)28-32-48(62(50,11)12)30-24-44(6)38-72-60-58(70)56(68)54(66)52(36-64)74-60/h13-26,33-34,47-60,63-70H,7-8,27-32,35-38H2,1-6,9-12H3. The van der Waals surface area contributed by atoms with Crippen LogP contribution in [0.3, 0.4) is 0 Å².